The highest BCUT2D eigenvalue weighted by Gasteiger charge is 2.29. The van der Waals surface area contributed by atoms with Gasteiger partial charge in [0.1, 0.15) is 16.8 Å². The molecule has 2 heterocycles. The van der Waals surface area contributed by atoms with Crippen molar-refractivity contribution in [2.45, 2.75) is 31.7 Å². The minimum absolute atomic E-state index is 0.219. The van der Waals surface area contributed by atoms with Crippen molar-refractivity contribution in [3.8, 4) is 0 Å². The highest BCUT2D eigenvalue weighted by Crippen LogP contribution is 2.39. The number of aromatic nitrogens is 2. The van der Waals surface area contributed by atoms with Gasteiger partial charge in [-0.1, -0.05) is 11.6 Å². The molecule has 6 nitrogen and oxygen atoms in total. The van der Waals surface area contributed by atoms with E-state index in [1.54, 1.807) is 0 Å². The first-order valence-electron chi connectivity index (χ1n) is 7.37. The van der Waals surface area contributed by atoms with E-state index in [0.29, 0.717) is 11.1 Å². The number of nitrogens with two attached hydrogens (primary N) is 1. The van der Waals surface area contributed by atoms with Crippen molar-refractivity contribution in [2.75, 3.05) is 31.1 Å². The fraction of sp³-hybridized carbons (Fsp3) is 0.643. The first kappa shape index (κ1) is 14.5. The molecule has 114 valence electrons. The van der Waals surface area contributed by atoms with Crippen LogP contribution in [-0.4, -0.2) is 53.0 Å². The minimum Gasteiger partial charge on any atom is -0.368 e. The summed E-state index contributed by atoms with van der Waals surface area (Å²) in [4.78, 5) is 24.5. The number of carbonyl (C=O) groups is 1. The Bertz CT molecular complexity index is 540. The Kier molecular flexibility index (Phi) is 3.99. The van der Waals surface area contributed by atoms with E-state index >= 15 is 0 Å². The third-order valence-electron chi connectivity index (χ3n) is 4.24. The first-order chi connectivity index (χ1) is 10.0. The third-order valence-corrected chi connectivity index (χ3v) is 4.43. The van der Waals surface area contributed by atoms with Gasteiger partial charge >= 0.3 is 0 Å². The van der Waals surface area contributed by atoms with Crippen LogP contribution in [0.4, 0.5) is 5.82 Å². The van der Waals surface area contributed by atoms with Crippen molar-refractivity contribution in [3.63, 3.8) is 0 Å². The Labute approximate surface area is 129 Å². The van der Waals surface area contributed by atoms with Crippen LogP contribution in [0.1, 0.15) is 31.5 Å². The molecule has 3 rings (SSSR count). The van der Waals surface area contributed by atoms with Crippen LogP contribution in [-0.2, 0) is 4.79 Å². The number of halogens is 1. The molecule has 1 amide bonds. The summed E-state index contributed by atoms with van der Waals surface area (Å²) in [6.45, 7) is 5.07. The number of hydrogen-bond acceptors (Lipinski definition) is 5. The van der Waals surface area contributed by atoms with Gasteiger partial charge in [-0.2, -0.15) is 0 Å². The average Bonchev–Trinajstić information content (AvgIpc) is 3.30. The fourth-order valence-corrected chi connectivity index (χ4v) is 2.81. The second-order valence-electron chi connectivity index (χ2n) is 5.78. The zero-order valence-electron chi connectivity index (χ0n) is 12.1. The van der Waals surface area contributed by atoms with E-state index < -0.39 is 0 Å². The number of rotatable bonds is 4. The Balaban J connectivity index is 1.68. The molecule has 2 aliphatic rings. The lowest BCUT2D eigenvalue weighted by Gasteiger charge is -2.37. The molecule has 7 heteroatoms. The Morgan fingerprint density at radius 3 is 2.57 bits per heavy atom. The van der Waals surface area contributed by atoms with E-state index in [1.807, 2.05) is 13.0 Å². The molecule has 0 bridgehead atoms. The van der Waals surface area contributed by atoms with Gasteiger partial charge in [0.2, 0.25) is 5.91 Å². The van der Waals surface area contributed by atoms with Gasteiger partial charge in [-0.25, -0.2) is 9.97 Å². The van der Waals surface area contributed by atoms with Gasteiger partial charge in [0, 0.05) is 38.2 Å². The lowest BCUT2D eigenvalue weighted by molar-refractivity contribution is -0.122. The van der Waals surface area contributed by atoms with Crippen molar-refractivity contribution in [2.24, 2.45) is 5.73 Å². The summed E-state index contributed by atoms with van der Waals surface area (Å²) in [5, 5.41) is 0.509. The summed E-state index contributed by atoms with van der Waals surface area (Å²) in [7, 11) is 0. The molecule has 0 aromatic carbocycles. The van der Waals surface area contributed by atoms with Gasteiger partial charge in [-0.3, -0.25) is 9.69 Å². The topological polar surface area (TPSA) is 75.4 Å². The summed E-state index contributed by atoms with van der Waals surface area (Å²) < 4.78 is 0. The monoisotopic (exact) mass is 309 g/mol. The number of amides is 1. The van der Waals surface area contributed by atoms with Crippen molar-refractivity contribution in [1.29, 1.82) is 0 Å². The van der Waals surface area contributed by atoms with Crippen molar-refractivity contribution in [3.05, 3.63) is 17.0 Å². The normalized spacial score (nSPS) is 21.3. The Hall–Kier alpha value is -1.40. The predicted octanol–water partition coefficient (Wildman–Crippen LogP) is 1.00. The van der Waals surface area contributed by atoms with E-state index in [4.69, 9.17) is 17.3 Å². The van der Waals surface area contributed by atoms with Crippen molar-refractivity contribution in [1.82, 2.24) is 14.9 Å². The fourth-order valence-electron chi connectivity index (χ4n) is 2.63. The van der Waals surface area contributed by atoms with Crippen LogP contribution in [0.25, 0.3) is 0 Å². The Morgan fingerprint density at radius 1 is 1.33 bits per heavy atom. The van der Waals surface area contributed by atoms with E-state index in [-0.39, 0.29) is 11.9 Å². The zero-order valence-corrected chi connectivity index (χ0v) is 12.9. The molecular weight excluding hydrogens is 290 g/mol. The quantitative estimate of drug-likeness (QED) is 0.840. The Morgan fingerprint density at radius 2 is 2.00 bits per heavy atom. The molecule has 21 heavy (non-hydrogen) atoms. The van der Waals surface area contributed by atoms with Crippen molar-refractivity contribution >= 4 is 23.3 Å². The number of anilines is 1. The van der Waals surface area contributed by atoms with E-state index in [1.165, 1.54) is 0 Å². The van der Waals surface area contributed by atoms with Gasteiger partial charge in [0.25, 0.3) is 0 Å². The van der Waals surface area contributed by atoms with Gasteiger partial charge in [0.05, 0.1) is 6.04 Å². The number of piperazine rings is 1. The lowest BCUT2D eigenvalue weighted by Crippen LogP contribution is -2.53. The molecule has 1 unspecified atom stereocenters. The molecule has 2 N–H and O–H groups in total. The van der Waals surface area contributed by atoms with Crippen LogP contribution in [0.2, 0.25) is 5.15 Å². The van der Waals surface area contributed by atoms with Gasteiger partial charge in [0.15, 0.2) is 0 Å². The van der Waals surface area contributed by atoms with Crippen LogP contribution >= 0.6 is 11.6 Å². The third kappa shape index (κ3) is 3.27. The second-order valence-corrected chi connectivity index (χ2v) is 6.17. The van der Waals surface area contributed by atoms with E-state index in [2.05, 4.69) is 19.8 Å². The van der Waals surface area contributed by atoms with E-state index in [9.17, 15) is 4.79 Å². The lowest BCUT2D eigenvalue weighted by atomic mass is 10.2. The SMILES string of the molecule is CC(C(N)=O)N1CCN(c2cc(Cl)nc(C3CC3)n2)CC1. The number of carbonyl (C=O) groups excluding carboxylic acids is 1. The summed E-state index contributed by atoms with van der Waals surface area (Å²) in [6.07, 6.45) is 2.31. The maximum atomic E-state index is 11.3. The summed E-state index contributed by atoms with van der Waals surface area (Å²) in [6, 6.07) is 1.60. The smallest absolute Gasteiger partial charge is 0.234 e. The van der Waals surface area contributed by atoms with E-state index in [0.717, 1.165) is 50.7 Å². The maximum absolute atomic E-state index is 11.3. The molecular formula is C14H20ClN5O. The van der Waals surface area contributed by atoms with Gasteiger partial charge in [-0.15, -0.1) is 0 Å². The first-order valence-corrected chi connectivity index (χ1v) is 7.75. The predicted molar refractivity (Wildman–Crippen MR) is 81.5 cm³/mol. The standard InChI is InChI=1S/C14H20ClN5O/c1-9(13(16)21)19-4-6-20(7-5-19)12-8-11(15)17-14(18-12)10-2-3-10/h8-10H,2-7H2,1H3,(H2,16,21). The molecule has 1 aromatic heterocycles. The number of primary amides is 1. The molecule has 1 aliphatic carbocycles. The van der Waals surface area contributed by atoms with Crippen LogP contribution < -0.4 is 10.6 Å². The molecule has 2 fully saturated rings. The number of hydrogen-bond donors (Lipinski definition) is 1. The van der Waals surface area contributed by atoms with Gasteiger partial charge < -0.3 is 10.6 Å². The minimum atomic E-state index is -0.274. The molecule has 1 saturated heterocycles. The molecule has 0 radical (unpaired) electrons. The van der Waals surface area contributed by atoms with Crippen LogP contribution in [0.5, 0.6) is 0 Å². The van der Waals surface area contributed by atoms with Crippen LogP contribution in [0.3, 0.4) is 0 Å². The molecule has 0 spiro atoms. The zero-order chi connectivity index (χ0) is 15.0. The maximum Gasteiger partial charge on any atom is 0.234 e. The second kappa shape index (κ2) is 5.77. The molecule has 1 aromatic rings. The summed E-state index contributed by atoms with van der Waals surface area (Å²) in [5.41, 5.74) is 5.36. The largest absolute Gasteiger partial charge is 0.368 e. The summed E-state index contributed by atoms with van der Waals surface area (Å²) >= 11 is 6.11. The molecule has 1 aliphatic heterocycles. The average molecular weight is 310 g/mol. The van der Waals surface area contributed by atoms with Crippen LogP contribution in [0.15, 0.2) is 6.07 Å². The van der Waals surface area contributed by atoms with Gasteiger partial charge in [-0.05, 0) is 19.8 Å². The molecule has 1 atom stereocenters. The van der Waals surface area contributed by atoms with Crippen molar-refractivity contribution < 1.29 is 4.79 Å². The number of nitrogens with zero attached hydrogens (tertiary/aromatic N) is 4. The molecule has 1 saturated carbocycles. The van der Waals surface area contributed by atoms with Crippen LogP contribution in [0, 0.1) is 0 Å². The highest BCUT2D eigenvalue weighted by atomic mass is 35.5. The highest BCUT2D eigenvalue weighted by molar-refractivity contribution is 6.29. The summed E-state index contributed by atoms with van der Waals surface area (Å²) in [5.74, 6) is 1.97.